The number of hydrogen-bond donors (Lipinski definition) is 2. The van der Waals surface area contributed by atoms with Gasteiger partial charge >= 0.3 is 0 Å². The average Bonchev–Trinajstić information content (AvgIpc) is 3.05. The summed E-state index contributed by atoms with van der Waals surface area (Å²) in [7, 11) is 0.265. The molecular formula is C22H21FN4O4S. The Kier molecular flexibility index (Phi) is 5.55. The molecule has 2 N–H and O–H groups in total. The second kappa shape index (κ2) is 8.19. The number of nitrogens with one attached hydrogen (secondary N) is 1. The highest BCUT2D eigenvalue weighted by Gasteiger charge is 2.36. The summed E-state index contributed by atoms with van der Waals surface area (Å²) in [5.74, 6) is -1.54. The van der Waals surface area contributed by atoms with Crippen molar-refractivity contribution in [3.05, 3.63) is 59.0 Å². The van der Waals surface area contributed by atoms with Gasteiger partial charge in [0.15, 0.2) is 5.75 Å². The monoisotopic (exact) mass is 456 g/mol. The topological polar surface area (TPSA) is 103 Å². The maximum Gasteiger partial charge on any atom is 0.258 e. The van der Waals surface area contributed by atoms with E-state index in [9.17, 15) is 23.3 Å². The van der Waals surface area contributed by atoms with E-state index in [1.165, 1.54) is 42.5 Å². The highest BCUT2D eigenvalue weighted by atomic mass is 32.2. The van der Waals surface area contributed by atoms with Crippen molar-refractivity contribution in [1.29, 1.82) is 0 Å². The van der Waals surface area contributed by atoms with Crippen LogP contribution in [0, 0.1) is 5.82 Å². The molecule has 8 nitrogen and oxygen atoms in total. The number of pyridine rings is 1. The molecular weight excluding hydrogens is 435 g/mol. The van der Waals surface area contributed by atoms with E-state index < -0.39 is 22.7 Å². The third kappa shape index (κ3) is 3.66. The van der Waals surface area contributed by atoms with Crippen molar-refractivity contribution in [1.82, 2.24) is 9.88 Å². The summed E-state index contributed by atoms with van der Waals surface area (Å²) in [4.78, 5) is 30.5. The Morgan fingerprint density at radius 3 is 2.81 bits per heavy atom. The van der Waals surface area contributed by atoms with E-state index in [1.807, 2.05) is 0 Å². The first kappa shape index (κ1) is 21.7. The number of aromatic hydroxyl groups is 1. The number of benzene rings is 2. The average molecular weight is 456 g/mol. The molecule has 3 aromatic rings. The number of anilines is 2. The van der Waals surface area contributed by atoms with Gasteiger partial charge in [0.2, 0.25) is 5.91 Å². The quantitative estimate of drug-likeness (QED) is 0.615. The maximum atomic E-state index is 13.7. The first-order valence-electron chi connectivity index (χ1n) is 9.74. The first-order valence-corrected chi connectivity index (χ1v) is 11.3. The summed E-state index contributed by atoms with van der Waals surface area (Å²) in [6.07, 6.45) is 3.03. The van der Waals surface area contributed by atoms with E-state index in [0.717, 1.165) is 0 Å². The van der Waals surface area contributed by atoms with E-state index >= 15 is 0 Å². The zero-order chi connectivity index (χ0) is 23.2. The standard InChI is InChI=1S/C22H21FN4O4S/c1-12(28)25-17-9-14(23)7-6-13(17)10-27-11-16-18(22(27)30)21(29)19-15(5-4-8-24-19)20(16)26(2)32(3)31/h4-9,29H,10-11H2,1-3H3,(H,25,28). The van der Waals surface area contributed by atoms with Crippen molar-refractivity contribution < 1.29 is 23.3 Å². The van der Waals surface area contributed by atoms with Crippen LogP contribution in [0.5, 0.6) is 5.75 Å². The van der Waals surface area contributed by atoms with Crippen molar-refractivity contribution in [2.75, 3.05) is 22.9 Å². The van der Waals surface area contributed by atoms with Gasteiger partial charge in [0.05, 0.1) is 11.3 Å². The van der Waals surface area contributed by atoms with Gasteiger partial charge in [0.25, 0.3) is 5.91 Å². The Morgan fingerprint density at radius 2 is 2.12 bits per heavy atom. The van der Waals surface area contributed by atoms with Crippen molar-refractivity contribution in [2.24, 2.45) is 0 Å². The molecule has 1 aliphatic heterocycles. The number of amides is 2. The number of rotatable bonds is 5. The predicted octanol–water partition coefficient (Wildman–Crippen LogP) is 2.92. The number of phenols is 1. The molecule has 1 unspecified atom stereocenters. The number of carbonyl (C=O) groups is 2. The van der Waals surface area contributed by atoms with E-state index in [4.69, 9.17) is 0 Å². The number of carbonyl (C=O) groups excluding carboxylic acids is 2. The predicted molar refractivity (Wildman–Crippen MR) is 120 cm³/mol. The van der Waals surface area contributed by atoms with Crippen LogP contribution in [-0.2, 0) is 28.9 Å². The lowest BCUT2D eigenvalue weighted by molar-refractivity contribution is -0.114. The number of nitrogens with zero attached hydrogens (tertiary/aromatic N) is 3. The van der Waals surface area contributed by atoms with Crippen LogP contribution in [0.3, 0.4) is 0 Å². The van der Waals surface area contributed by atoms with Crippen LogP contribution >= 0.6 is 0 Å². The Bertz CT molecular complexity index is 1300. The van der Waals surface area contributed by atoms with Crippen LogP contribution in [-0.4, -0.2) is 44.3 Å². The largest absolute Gasteiger partial charge is 0.505 e. The summed E-state index contributed by atoms with van der Waals surface area (Å²) >= 11 is 0. The van der Waals surface area contributed by atoms with Crippen LogP contribution in [0.4, 0.5) is 15.8 Å². The minimum absolute atomic E-state index is 0.0744. The minimum atomic E-state index is -1.38. The lowest BCUT2D eigenvalue weighted by Gasteiger charge is -2.22. The van der Waals surface area contributed by atoms with Crippen molar-refractivity contribution in [2.45, 2.75) is 20.0 Å². The van der Waals surface area contributed by atoms with Crippen LogP contribution in [0.15, 0.2) is 36.5 Å². The van der Waals surface area contributed by atoms with Crippen molar-refractivity contribution in [3.63, 3.8) is 0 Å². The number of fused-ring (bicyclic) bond motifs is 2. The van der Waals surface area contributed by atoms with E-state index in [2.05, 4.69) is 10.3 Å². The van der Waals surface area contributed by atoms with Gasteiger partial charge < -0.3 is 15.3 Å². The number of halogens is 1. The molecule has 0 aliphatic carbocycles. The molecule has 0 radical (unpaired) electrons. The number of aromatic nitrogens is 1. The van der Waals surface area contributed by atoms with Crippen LogP contribution in [0.25, 0.3) is 10.9 Å². The molecule has 1 aliphatic rings. The lowest BCUT2D eigenvalue weighted by Crippen LogP contribution is -2.24. The molecule has 10 heteroatoms. The van der Waals surface area contributed by atoms with Crippen molar-refractivity contribution in [3.8, 4) is 5.75 Å². The molecule has 0 saturated carbocycles. The summed E-state index contributed by atoms with van der Waals surface area (Å²) in [5.41, 5.74) is 2.25. The molecule has 2 heterocycles. The van der Waals surface area contributed by atoms with Crippen LogP contribution in [0.2, 0.25) is 0 Å². The summed E-state index contributed by atoms with van der Waals surface area (Å²) in [5, 5.41) is 14.0. The SMILES string of the molecule is CC(=O)Nc1cc(F)ccc1CN1Cc2c(c(O)c3ncccc3c2N(C)S(C)=O)C1=O. The molecule has 2 amide bonds. The van der Waals surface area contributed by atoms with Crippen LogP contribution < -0.4 is 9.62 Å². The molecule has 0 fully saturated rings. The zero-order valence-corrected chi connectivity index (χ0v) is 18.5. The molecule has 32 heavy (non-hydrogen) atoms. The van der Waals surface area contributed by atoms with Gasteiger partial charge in [-0.15, -0.1) is 0 Å². The minimum Gasteiger partial charge on any atom is -0.505 e. The molecule has 1 atom stereocenters. The molecule has 0 spiro atoms. The van der Waals surface area contributed by atoms with Gasteiger partial charge in [-0.05, 0) is 29.8 Å². The van der Waals surface area contributed by atoms with Gasteiger partial charge in [-0.3, -0.25) is 18.9 Å². The van der Waals surface area contributed by atoms with Gasteiger partial charge in [-0.25, -0.2) is 8.60 Å². The third-order valence-electron chi connectivity index (χ3n) is 5.41. The highest BCUT2D eigenvalue weighted by Crippen LogP contribution is 2.44. The highest BCUT2D eigenvalue weighted by molar-refractivity contribution is 7.85. The molecule has 166 valence electrons. The smallest absolute Gasteiger partial charge is 0.258 e. The van der Waals surface area contributed by atoms with E-state index in [1.54, 1.807) is 23.5 Å². The lowest BCUT2D eigenvalue weighted by atomic mass is 10.0. The first-order chi connectivity index (χ1) is 15.2. The second-order valence-corrected chi connectivity index (χ2v) is 8.91. The zero-order valence-electron chi connectivity index (χ0n) is 17.7. The Hall–Kier alpha value is -3.53. The van der Waals surface area contributed by atoms with E-state index in [0.29, 0.717) is 22.2 Å². The Morgan fingerprint density at radius 1 is 1.38 bits per heavy atom. The molecule has 0 saturated heterocycles. The summed E-state index contributed by atoms with van der Waals surface area (Å²) in [6, 6.07) is 7.41. The van der Waals surface area contributed by atoms with E-state index in [-0.39, 0.29) is 41.5 Å². The summed E-state index contributed by atoms with van der Waals surface area (Å²) in [6.45, 7) is 1.53. The van der Waals surface area contributed by atoms with Crippen molar-refractivity contribution >= 4 is 45.1 Å². The molecule has 2 aromatic carbocycles. The maximum absolute atomic E-state index is 13.7. The Balaban J connectivity index is 1.82. The molecule has 0 bridgehead atoms. The van der Waals surface area contributed by atoms with Gasteiger partial charge in [-0.1, -0.05) is 6.07 Å². The molecule has 1 aromatic heterocycles. The fraction of sp³-hybridized carbons (Fsp3) is 0.227. The van der Waals surface area contributed by atoms with Gasteiger partial charge in [-0.2, -0.15) is 0 Å². The van der Waals surface area contributed by atoms with Gasteiger partial charge in [0.1, 0.15) is 22.3 Å². The third-order valence-corrected chi connectivity index (χ3v) is 6.36. The normalized spacial score (nSPS) is 13.9. The number of phenolic OH excluding ortho intramolecular Hbond substituents is 1. The van der Waals surface area contributed by atoms with Gasteiger partial charge in [0, 0.05) is 56.2 Å². The Labute approximate surface area is 186 Å². The second-order valence-electron chi connectivity index (χ2n) is 7.52. The summed E-state index contributed by atoms with van der Waals surface area (Å²) < 4.78 is 27.6. The molecule has 4 rings (SSSR count). The fourth-order valence-corrected chi connectivity index (χ4v) is 4.41. The number of hydrogen-bond acceptors (Lipinski definition) is 5. The van der Waals surface area contributed by atoms with Crippen LogP contribution in [0.1, 0.15) is 28.4 Å². The fourth-order valence-electron chi connectivity index (χ4n) is 3.95.